The first kappa shape index (κ1) is 21.5. The molecule has 0 radical (unpaired) electrons. The summed E-state index contributed by atoms with van der Waals surface area (Å²) in [7, 11) is 0. The summed E-state index contributed by atoms with van der Waals surface area (Å²) < 4.78 is 27.0. The van der Waals surface area contributed by atoms with Gasteiger partial charge in [0.15, 0.2) is 11.6 Å². The molecule has 0 fully saturated rings. The fraction of sp³-hybridized carbons (Fsp3) is 0.0870. The van der Waals surface area contributed by atoms with Crippen LogP contribution in [0.25, 0.3) is 10.9 Å². The van der Waals surface area contributed by atoms with E-state index in [1.807, 2.05) is 12.1 Å². The Labute approximate surface area is 187 Å². The summed E-state index contributed by atoms with van der Waals surface area (Å²) in [4.78, 5) is 20.2. The van der Waals surface area contributed by atoms with Crippen molar-refractivity contribution in [2.75, 3.05) is 22.5 Å². The number of amides is 2. The monoisotopic (exact) mass is 453 g/mol. The number of nitrogens with zero attached hydrogens (tertiary/aromatic N) is 2. The number of hydrogen-bond acceptors (Lipinski definition) is 4. The minimum absolute atomic E-state index is 0.327. The zero-order valence-electron chi connectivity index (χ0n) is 16.7. The molecule has 0 aliphatic heterocycles. The highest BCUT2D eigenvalue weighted by atomic mass is 35.5. The topological polar surface area (TPSA) is 78.9 Å². The summed E-state index contributed by atoms with van der Waals surface area (Å²) in [6.07, 6.45) is 1.96. The first-order valence-electron chi connectivity index (χ1n) is 9.74. The van der Waals surface area contributed by atoms with Gasteiger partial charge in [0.1, 0.15) is 12.1 Å². The van der Waals surface area contributed by atoms with Gasteiger partial charge < -0.3 is 16.0 Å². The van der Waals surface area contributed by atoms with Crippen molar-refractivity contribution >= 4 is 45.7 Å². The summed E-state index contributed by atoms with van der Waals surface area (Å²) in [6, 6.07) is 16.0. The Bertz CT molecular complexity index is 1270. The van der Waals surface area contributed by atoms with Gasteiger partial charge in [-0.2, -0.15) is 0 Å². The lowest BCUT2D eigenvalue weighted by atomic mass is 10.1. The van der Waals surface area contributed by atoms with Gasteiger partial charge in [0, 0.05) is 34.4 Å². The lowest BCUT2D eigenvalue weighted by molar-refractivity contribution is 0.262. The Morgan fingerprint density at radius 2 is 1.66 bits per heavy atom. The lowest BCUT2D eigenvalue weighted by Crippen LogP contribution is -2.19. The Kier molecular flexibility index (Phi) is 6.42. The van der Waals surface area contributed by atoms with Gasteiger partial charge in [0.25, 0.3) is 0 Å². The maximum atomic E-state index is 13.6. The smallest absolute Gasteiger partial charge is 0.323 e. The third kappa shape index (κ3) is 5.28. The Hall–Kier alpha value is -3.78. The molecule has 0 aliphatic carbocycles. The number of carbonyl (C=O) groups excluding carboxylic acids is 1. The van der Waals surface area contributed by atoms with E-state index in [1.54, 1.807) is 36.4 Å². The van der Waals surface area contributed by atoms with Crippen molar-refractivity contribution in [3.8, 4) is 0 Å². The number of anilines is 3. The first-order chi connectivity index (χ1) is 15.5. The highest BCUT2D eigenvalue weighted by Crippen LogP contribution is 2.22. The third-order valence-corrected chi connectivity index (χ3v) is 4.91. The fourth-order valence-electron chi connectivity index (χ4n) is 3.13. The molecule has 3 N–H and O–H groups in total. The van der Waals surface area contributed by atoms with Crippen LogP contribution in [0.15, 0.2) is 67.0 Å². The van der Waals surface area contributed by atoms with Gasteiger partial charge in [0.05, 0.1) is 5.52 Å². The largest absolute Gasteiger partial charge is 0.369 e. The predicted octanol–water partition coefficient (Wildman–Crippen LogP) is 5.86. The van der Waals surface area contributed by atoms with E-state index in [4.69, 9.17) is 11.6 Å². The van der Waals surface area contributed by atoms with Crippen molar-refractivity contribution < 1.29 is 13.6 Å². The standard InChI is InChI=1S/C23H18ClF2N5O/c24-15-2-1-3-17(10-15)31-23(32)30-16-6-4-14(5-7-16)8-9-27-22-18-11-19(25)20(26)12-21(18)28-13-29-22/h1-7,10-13H,8-9H2,(H,27,28,29)(H2,30,31,32). The van der Waals surface area contributed by atoms with Crippen LogP contribution in [-0.4, -0.2) is 22.5 Å². The van der Waals surface area contributed by atoms with E-state index >= 15 is 0 Å². The number of benzene rings is 3. The average molecular weight is 454 g/mol. The molecule has 6 nitrogen and oxygen atoms in total. The molecule has 0 spiro atoms. The lowest BCUT2D eigenvalue weighted by Gasteiger charge is -2.10. The highest BCUT2D eigenvalue weighted by molar-refractivity contribution is 6.30. The maximum absolute atomic E-state index is 13.6. The normalized spacial score (nSPS) is 10.7. The molecule has 162 valence electrons. The van der Waals surface area contributed by atoms with Crippen LogP contribution in [0.1, 0.15) is 5.56 Å². The van der Waals surface area contributed by atoms with E-state index in [0.717, 1.165) is 17.7 Å². The molecular formula is C23H18ClF2N5O. The molecule has 4 rings (SSSR count). The molecule has 0 saturated carbocycles. The van der Waals surface area contributed by atoms with E-state index in [2.05, 4.69) is 25.9 Å². The third-order valence-electron chi connectivity index (χ3n) is 4.68. The molecule has 2 amide bonds. The molecule has 0 atom stereocenters. The molecule has 0 aliphatic rings. The van der Waals surface area contributed by atoms with Crippen LogP contribution in [0.4, 0.5) is 30.8 Å². The second-order valence-corrected chi connectivity index (χ2v) is 7.41. The van der Waals surface area contributed by atoms with Gasteiger partial charge in [-0.3, -0.25) is 0 Å². The summed E-state index contributed by atoms with van der Waals surface area (Å²) in [5.74, 6) is -1.46. The van der Waals surface area contributed by atoms with Crippen LogP contribution in [-0.2, 0) is 6.42 Å². The van der Waals surface area contributed by atoms with E-state index in [9.17, 15) is 13.6 Å². The number of carbonyl (C=O) groups is 1. The first-order valence-corrected chi connectivity index (χ1v) is 10.1. The van der Waals surface area contributed by atoms with Gasteiger partial charge in [-0.25, -0.2) is 23.5 Å². The number of halogens is 3. The fourth-order valence-corrected chi connectivity index (χ4v) is 3.32. The molecule has 4 aromatic rings. The van der Waals surface area contributed by atoms with Crippen molar-refractivity contribution in [2.24, 2.45) is 0 Å². The summed E-state index contributed by atoms with van der Waals surface area (Å²) in [5.41, 5.74) is 2.58. The molecule has 3 aromatic carbocycles. The van der Waals surface area contributed by atoms with Crippen molar-refractivity contribution in [1.29, 1.82) is 0 Å². The van der Waals surface area contributed by atoms with Gasteiger partial charge in [-0.1, -0.05) is 29.8 Å². The Balaban J connectivity index is 1.32. The zero-order valence-corrected chi connectivity index (χ0v) is 17.5. The molecule has 1 heterocycles. The van der Waals surface area contributed by atoms with Gasteiger partial charge in [-0.05, 0) is 48.4 Å². The minimum atomic E-state index is -0.947. The molecule has 0 unspecified atom stereocenters. The van der Waals surface area contributed by atoms with Crippen molar-refractivity contribution in [1.82, 2.24) is 9.97 Å². The predicted molar refractivity (Wildman–Crippen MR) is 122 cm³/mol. The second kappa shape index (κ2) is 9.57. The summed E-state index contributed by atoms with van der Waals surface area (Å²) in [6.45, 7) is 0.521. The molecule has 32 heavy (non-hydrogen) atoms. The Morgan fingerprint density at radius 1 is 0.906 bits per heavy atom. The number of rotatable bonds is 6. The zero-order chi connectivity index (χ0) is 22.5. The molecule has 1 aromatic heterocycles. The van der Waals surface area contributed by atoms with Crippen LogP contribution < -0.4 is 16.0 Å². The van der Waals surface area contributed by atoms with Crippen molar-refractivity contribution in [2.45, 2.75) is 6.42 Å². The SMILES string of the molecule is O=C(Nc1ccc(CCNc2ncnc3cc(F)c(F)cc23)cc1)Nc1cccc(Cl)c1. The number of hydrogen-bond donors (Lipinski definition) is 3. The van der Waals surface area contributed by atoms with Crippen LogP contribution in [0, 0.1) is 11.6 Å². The van der Waals surface area contributed by atoms with Gasteiger partial charge in [-0.15, -0.1) is 0 Å². The average Bonchev–Trinajstić information content (AvgIpc) is 2.76. The van der Waals surface area contributed by atoms with Crippen LogP contribution in [0.5, 0.6) is 0 Å². The second-order valence-electron chi connectivity index (χ2n) is 6.97. The Morgan fingerprint density at radius 3 is 2.44 bits per heavy atom. The van der Waals surface area contributed by atoms with Crippen molar-refractivity contribution in [3.05, 3.63) is 89.2 Å². The molecule has 9 heteroatoms. The number of fused-ring (bicyclic) bond motifs is 1. The van der Waals surface area contributed by atoms with Gasteiger partial charge in [0.2, 0.25) is 0 Å². The maximum Gasteiger partial charge on any atom is 0.323 e. The van der Waals surface area contributed by atoms with E-state index < -0.39 is 11.6 Å². The number of nitrogens with one attached hydrogen (secondary N) is 3. The molecular weight excluding hydrogens is 436 g/mol. The van der Waals surface area contributed by atoms with E-state index in [1.165, 1.54) is 6.33 Å². The molecule has 0 bridgehead atoms. The van der Waals surface area contributed by atoms with Crippen LogP contribution >= 0.6 is 11.6 Å². The number of urea groups is 1. The number of aromatic nitrogens is 2. The summed E-state index contributed by atoms with van der Waals surface area (Å²) >= 11 is 5.91. The quantitative estimate of drug-likeness (QED) is 0.341. The highest BCUT2D eigenvalue weighted by Gasteiger charge is 2.09. The van der Waals surface area contributed by atoms with E-state index in [-0.39, 0.29) is 6.03 Å². The van der Waals surface area contributed by atoms with Crippen LogP contribution in [0.2, 0.25) is 5.02 Å². The molecule has 0 saturated heterocycles. The summed E-state index contributed by atoms with van der Waals surface area (Å²) in [5, 5.41) is 9.55. The van der Waals surface area contributed by atoms with E-state index in [0.29, 0.717) is 46.1 Å². The minimum Gasteiger partial charge on any atom is -0.369 e. The van der Waals surface area contributed by atoms with Crippen LogP contribution in [0.3, 0.4) is 0 Å². The van der Waals surface area contributed by atoms with Crippen molar-refractivity contribution in [3.63, 3.8) is 0 Å². The van der Waals surface area contributed by atoms with Gasteiger partial charge >= 0.3 is 6.03 Å².